The summed E-state index contributed by atoms with van der Waals surface area (Å²) in [7, 11) is 0. The second kappa shape index (κ2) is 5.72. The van der Waals surface area contributed by atoms with Crippen molar-refractivity contribution in [3.05, 3.63) is 65.9 Å². The molecule has 1 aromatic carbocycles. The lowest BCUT2D eigenvalue weighted by Gasteiger charge is -2.20. The molecular formula is C17H16FN5. The lowest BCUT2D eigenvalue weighted by Crippen LogP contribution is -2.31. The Kier molecular flexibility index (Phi) is 3.42. The molecule has 3 heterocycles. The number of imidazole rings is 1. The second-order valence-electron chi connectivity index (χ2n) is 5.41. The van der Waals surface area contributed by atoms with Crippen molar-refractivity contribution < 1.29 is 4.39 Å². The van der Waals surface area contributed by atoms with E-state index in [1.54, 1.807) is 18.3 Å². The van der Waals surface area contributed by atoms with Gasteiger partial charge in [0, 0.05) is 37.0 Å². The van der Waals surface area contributed by atoms with Crippen LogP contribution >= 0.6 is 0 Å². The zero-order valence-corrected chi connectivity index (χ0v) is 12.5. The molecule has 2 aromatic heterocycles. The van der Waals surface area contributed by atoms with Gasteiger partial charge in [-0.2, -0.15) is 0 Å². The third-order valence-corrected chi connectivity index (χ3v) is 3.84. The van der Waals surface area contributed by atoms with Gasteiger partial charge < -0.3 is 10.7 Å². The molecule has 116 valence electrons. The minimum Gasteiger partial charge on any atom is -0.352 e. The number of hydrogen-bond acceptors (Lipinski definition) is 4. The van der Waals surface area contributed by atoms with Crippen molar-refractivity contribution in [1.29, 1.82) is 0 Å². The Hall–Kier alpha value is -2.89. The first kappa shape index (κ1) is 13.8. The zero-order chi connectivity index (χ0) is 15.6. The molecule has 0 radical (unpaired) electrons. The highest BCUT2D eigenvalue weighted by atomic mass is 19.1. The van der Waals surface area contributed by atoms with Gasteiger partial charge >= 0.3 is 0 Å². The molecule has 0 fully saturated rings. The summed E-state index contributed by atoms with van der Waals surface area (Å²) in [5.74, 6) is 0.529. The normalized spacial score (nSPS) is 13.1. The average Bonchev–Trinajstić information content (AvgIpc) is 2.95. The Morgan fingerprint density at radius 1 is 1.09 bits per heavy atom. The van der Waals surface area contributed by atoms with Crippen molar-refractivity contribution in [1.82, 2.24) is 14.6 Å². The van der Waals surface area contributed by atoms with Crippen LogP contribution in [-0.2, 0) is 6.42 Å². The van der Waals surface area contributed by atoms with Crippen LogP contribution in [0.15, 0.2) is 48.7 Å². The summed E-state index contributed by atoms with van der Waals surface area (Å²) in [6, 6.07) is 12.3. The van der Waals surface area contributed by atoms with Crippen molar-refractivity contribution in [2.75, 3.05) is 23.8 Å². The zero-order valence-electron chi connectivity index (χ0n) is 12.5. The van der Waals surface area contributed by atoms with Crippen LogP contribution in [0.5, 0.6) is 0 Å². The van der Waals surface area contributed by atoms with Crippen molar-refractivity contribution in [2.24, 2.45) is 0 Å². The van der Waals surface area contributed by atoms with E-state index >= 15 is 0 Å². The quantitative estimate of drug-likeness (QED) is 0.781. The lowest BCUT2D eigenvalue weighted by atomic mass is 10.1. The number of rotatable bonds is 3. The number of anilines is 1. The molecule has 0 saturated heterocycles. The minimum atomic E-state index is -0.250. The molecule has 6 heteroatoms. The van der Waals surface area contributed by atoms with Gasteiger partial charge in [0.1, 0.15) is 5.82 Å². The topological polar surface area (TPSA) is 54.8 Å². The van der Waals surface area contributed by atoms with Gasteiger partial charge in [0.15, 0.2) is 0 Å². The average molecular weight is 309 g/mol. The molecular weight excluding hydrogens is 293 g/mol. The summed E-state index contributed by atoms with van der Waals surface area (Å²) < 4.78 is 15.2. The van der Waals surface area contributed by atoms with Gasteiger partial charge in [0.25, 0.3) is 0 Å². The fourth-order valence-electron chi connectivity index (χ4n) is 2.76. The van der Waals surface area contributed by atoms with E-state index in [0.717, 1.165) is 41.7 Å². The summed E-state index contributed by atoms with van der Waals surface area (Å²) in [5.41, 5.74) is 7.05. The van der Waals surface area contributed by atoms with Gasteiger partial charge in [0.2, 0.25) is 5.95 Å². The monoisotopic (exact) mass is 309 g/mol. The van der Waals surface area contributed by atoms with Crippen molar-refractivity contribution >= 4 is 5.95 Å². The molecule has 0 aliphatic carbocycles. The van der Waals surface area contributed by atoms with Crippen molar-refractivity contribution in [2.45, 2.75) is 6.42 Å². The van der Waals surface area contributed by atoms with Gasteiger partial charge in [0.05, 0.1) is 11.4 Å². The Morgan fingerprint density at radius 3 is 2.74 bits per heavy atom. The first-order valence-electron chi connectivity index (χ1n) is 7.56. The van der Waals surface area contributed by atoms with Crippen LogP contribution in [0.25, 0.3) is 11.3 Å². The number of fused-ring (bicyclic) bond motifs is 1. The van der Waals surface area contributed by atoms with Crippen LogP contribution in [0.2, 0.25) is 0 Å². The van der Waals surface area contributed by atoms with E-state index in [1.165, 1.54) is 12.1 Å². The molecule has 4 rings (SSSR count). The van der Waals surface area contributed by atoms with E-state index in [0.29, 0.717) is 6.42 Å². The maximum Gasteiger partial charge on any atom is 0.222 e. The maximum absolute atomic E-state index is 13.2. The summed E-state index contributed by atoms with van der Waals surface area (Å²) in [6.45, 7) is 1.64. The van der Waals surface area contributed by atoms with E-state index in [2.05, 4.69) is 20.7 Å². The summed E-state index contributed by atoms with van der Waals surface area (Å²) >= 11 is 0. The van der Waals surface area contributed by atoms with Gasteiger partial charge in [-0.15, -0.1) is 0 Å². The number of nitrogens with zero attached hydrogens (tertiary/aromatic N) is 3. The molecule has 3 aromatic rings. The van der Waals surface area contributed by atoms with Gasteiger partial charge in [-0.1, -0.05) is 6.07 Å². The molecule has 23 heavy (non-hydrogen) atoms. The minimum absolute atomic E-state index is 0.250. The Labute approximate surface area is 133 Å². The van der Waals surface area contributed by atoms with E-state index in [9.17, 15) is 4.39 Å². The van der Waals surface area contributed by atoms with E-state index in [1.807, 2.05) is 22.9 Å². The molecule has 0 amide bonds. The standard InChI is InChI=1S/C17H16FN5/c18-13-6-4-12(5-7-13)16-15(11-14-3-1-2-8-19-14)23-17(22-16)20-9-10-21-23/h1-8,21H,9-11H2,(H,20,22). The predicted octanol–water partition coefficient (Wildman–Crippen LogP) is 2.64. The molecule has 0 atom stereocenters. The first-order valence-corrected chi connectivity index (χ1v) is 7.56. The highest BCUT2D eigenvalue weighted by Crippen LogP contribution is 2.28. The Morgan fingerprint density at radius 2 is 1.96 bits per heavy atom. The van der Waals surface area contributed by atoms with Crippen LogP contribution in [0, 0.1) is 5.82 Å². The van der Waals surface area contributed by atoms with Crippen LogP contribution in [0.1, 0.15) is 11.4 Å². The van der Waals surface area contributed by atoms with Crippen molar-refractivity contribution in [3.8, 4) is 11.3 Å². The van der Waals surface area contributed by atoms with Gasteiger partial charge in [-0.05, 0) is 36.4 Å². The summed E-state index contributed by atoms with van der Waals surface area (Å²) in [4.78, 5) is 9.09. The fraction of sp³-hybridized carbons (Fsp3) is 0.176. The van der Waals surface area contributed by atoms with E-state index in [4.69, 9.17) is 0 Å². The van der Waals surface area contributed by atoms with Crippen molar-refractivity contribution in [3.63, 3.8) is 0 Å². The molecule has 0 saturated carbocycles. The van der Waals surface area contributed by atoms with Crippen LogP contribution in [0.4, 0.5) is 10.3 Å². The lowest BCUT2D eigenvalue weighted by molar-refractivity contribution is 0.628. The fourth-order valence-corrected chi connectivity index (χ4v) is 2.76. The number of benzene rings is 1. The SMILES string of the molecule is Fc1ccc(-c2nc3n(c2Cc2ccccn2)NCCN3)cc1. The molecule has 2 N–H and O–H groups in total. The molecule has 1 aliphatic rings. The van der Waals surface area contributed by atoms with Crippen LogP contribution < -0.4 is 10.7 Å². The van der Waals surface area contributed by atoms with Gasteiger partial charge in [-0.25, -0.2) is 14.1 Å². The van der Waals surface area contributed by atoms with E-state index < -0.39 is 0 Å². The third-order valence-electron chi connectivity index (χ3n) is 3.84. The number of nitrogens with one attached hydrogen (secondary N) is 2. The second-order valence-corrected chi connectivity index (χ2v) is 5.41. The summed E-state index contributed by atoms with van der Waals surface area (Å²) in [6.07, 6.45) is 2.43. The highest BCUT2D eigenvalue weighted by molar-refractivity contribution is 5.66. The third kappa shape index (κ3) is 2.63. The Balaban J connectivity index is 1.81. The molecule has 0 bridgehead atoms. The Bertz CT molecular complexity index is 811. The largest absolute Gasteiger partial charge is 0.352 e. The predicted molar refractivity (Wildman–Crippen MR) is 87.4 cm³/mol. The molecule has 5 nitrogen and oxygen atoms in total. The smallest absolute Gasteiger partial charge is 0.222 e. The maximum atomic E-state index is 13.2. The molecule has 0 spiro atoms. The molecule has 1 aliphatic heterocycles. The number of halogens is 1. The summed E-state index contributed by atoms with van der Waals surface area (Å²) in [5, 5.41) is 3.29. The number of aromatic nitrogens is 3. The number of hydrogen-bond donors (Lipinski definition) is 2. The molecule has 0 unspecified atom stereocenters. The highest BCUT2D eigenvalue weighted by Gasteiger charge is 2.21. The van der Waals surface area contributed by atoms with Crippen LogP contribution in [-0.4, -0.2) is 27.7 Å². The van der Waals surface area contributed by atoms with Crippen LogP contribution in [0.3, 0.4) is 0 Å². The number of pyridine rings is 1. The first-order chi connectivity index (χ1) is 11.3. The van der Waals surface area contributed by atoms with Gasteiger partial charge in [-0.3, -0.25) is 4.98 Å². The van der Waals surface area contributed by atoms with E-state index in [-0.39, 0.29) is 5.82 Å².